The second kappa shape index (κ2) is 4.86. The van der Waals surface area contributed by atoms with E-state index < -0.39 is 0 Å². The molecule has 1 aromatic carbocycles. The molecule has 0 atom stereocenters. The number of imidazole rings is 1. The van der Waals surface area contributed by atoms with Crippen LogP contribution in [0.2, 0.25) is 0 Å². The van der Waals surface area contributed by atoms with Gasteiger partial charge in [-0.1, -0.05) is 36.4 Å². The molecule has 0 saturated carbocycles. The molecule has 4 heteroatoms. The lowest BCUT2D eigenvalue weighted by Crippen LogP contribution is -2.10. The van der Waals surface area contributed by atoms with Gasteiger partial charge >= 0.3 is 0 Å². The van der Waals surface area contributed by atoms with Crippen LogP contribution >= 0.6 is 0 Å². The lowest BCUT2D eigenvalue weighted by molar-refractivity contribution is 0.102. The molecule has 2 heterocycles. The first-order valence-corrected chi connectivity index (χ1v) is 5.91. The molecule has 0 radical (unpaired) electrons. The molecule has 0 saturated heterocycles. The predicted octanol–water partition coefficient (Wildman–Crippen LogP) is 2.50. The van der Waals surface area contributed by atoms with Crippen molar-refractivity contribution in [1.29, 1.82) is 0 Å². The van der Waals surface area contributed by atoms with Crippen LogP contribution < -0.4 is 0 Å². The smallest absolute Gasteiger partial charge is 0.228 e. The van der Waals surface area contributed by atoms with E-state index >= 15 is 0 Å². The summed E-state index contributed by atoms with van der Waals surface area (Å²) in [6.45, 7) is 0. The van der Waals surface area contributed by atoms with Crippen LogP contribution in [0.5, 0.6) is 0 Å². The average molecular weight is 249 g/mol. The summed E-state index contributed by atoms with van der Waals surface area (Å²) in [5.41, 5.74) is 0.617. The van der Waals surface area contributed by atoms with Gasteiger partial charge in [-0.2, -0.15) is 0 Å². The monoisotopic (exact) mass is 249 g/mol. The first-order valence-electron chi connectivity index (χ1n) is 5.91. The zero-order chi connectivity index (χ0) is 13.1. The largest absolute Gasteiger partial charge is 0.285 e. The highest BCUT2D eigenvalue weighted by atomic mass is 16.1. The highest BCUT2D eigenvalue weighted by Crippen LogP contribution is 2.12. The molecule has 0 aliphatic heterocycles. The van der Waals surface area contributed by atoms with Crippen LogP contribution in [0.15, 0.2) is 67.1 Å². The van der Waals surface area contributed by atoms with Gasteiger partial charge in [0.05, 0.1) is 0 Å². The molecule has 0 unspecified atom stereocenters. The molecule has 0 fully saturated rings. The predicted molar refractivity (Wildman–Crippen MR) is 71.2 cm³/mol. The van der Waals surface area contributed by atoms with Gasteiger partial charge in [0, 0.05) is 24.2 Å². The molecular formula is C15H11N3O. The molecular weight excluding hydrogens is 238 g/mol. The van der Waals surface area contributed by atoms with Crippen molar-refractivity contribution < 1.29 is 4.79 Å². The Morgan fingerprint density at radius 3 is 2.42 bits per heavy atom. The normalized spacial score (nSPS) is 10.3. The van der Waals surface area contributed by atoms with Gasteiger partial charge in [0.25, 0.3) is 0 Å². The van der Waals surface area contributed by atoms with Gasteiger partial charge < -0.3 is 0 Å². The molecule has 0 spiro atoms. The van der Waals surface area contributed by atoms with Gasteiger partial charge in [-0.25, -0.2) is 9.97 Å². The number of hydrogen-bond acceptors (Lipinski definition) is 3. The topological polar surface area (TPSA) is 47.8 Å². The third-order valence-corrected chi connectivity index (χ3v) is 2.78. The van der Waals surface area contributed by atoms with Gasteiger partial charge in [0.2, 0.25) is 5.78 Å². The van der Waals surface area contributed by atoms with Crippen LogP contribution in [0.1, 0.15) is 16.2 Å². The molecule has 0 bridgehead atoms. The summed E-state index contributed by atoms with van der Waals surface area (Å²) in [5, 5.41) is 0. The van der Waals surface area contributed by atoms with E-state index in [0.717, 1.165) is 0 Å². The zero-order valence-corrected chi connectivity index (χ0v) is 10.1. The zero-order valence-electron chi connectivity index (χ0n) is 10.1. The molecule has 92 valence electrons. The summed E-state index contributed by atoms with van der Waals surface area (Å²) >= 11 is 0. The second-order valence-electron chi connectivity index (χ2n) is 4.00. The van der Waals surface area contributed by atoms with E-state index in [-0.39, 0.29) is 5.78 Å². The number of ketones is 1. The van der Waals surface area contributed by atoms with Gasteiger partial charge in [0.15, 0.2) is 5.82 Å². The van der Waals surface area contributed by atoms with Gasteiger partial charge in [-0.3, -0.25) is 9.36 Å². The van der Waals surface area contributed by atoms with Gasteiger partial charge in [-0.05, 0) is 12.1 Å². The SMILES string of the molecule is O=C(c1ccccc1)c1nccn1-c1ccccn1. The van der Waals surface area contributed by atoms with Crippen molar-refractivity contribution in [2.45, 2.75) is 0 Å². The Bertz CT molecular complexity index is 690. The minimum Gasteiger partial charge on any atom is -0.285 e. The van der Waals surface area contributed by atoms with E-state index in [1.807, 2.05) is 36.4 Å². The Balaban J connectivity index is 2.04. The Morgan fingerprint density at radius 1 is 0.895 bits per heavy atom. The van der Waals surface area contributed by atoms with Crippen LogP contribution in [0, 0.1) is 0 Å². The Hall–Kier alpha value is -2.75. The van der Waals surface area contributed by atoms with Crippen molar-refractivity contribution in [3.63, 3.8) is 0 Å². The third-order valence-electron chi connectivity index (χ3n) is 2.78. The molecule has 0 aliphatic carbocycles. The number of pyridine rings is 1. The summed E-state index contributed by atoms with van der Waals surface area (Å²) in [4.78, 5) is 20.8. The van der Waals surface area contributed by atoms with Crippen LogP contribution in [0.25, 0.3) is 5.82 Å². The minimum absolute atomic E-state index is 0.115. The van der Waals surface area contributed by atoms with Crippen LogP contribution in [-0.2, 0) is 0 Å². The maximum absolute atomic E-state index is 12.4. The maximum Gasteiger partial charge on any atom is 0.228 e. The number of aromatic nitrogens is 3. The molecule has 2 aromatic heterocycles. The number of rotatable bonds is 3. The Labute approximate surface area is 110 Å². The summed E-state index contributed by atoms with van der Waals surface area (Å²) in [5.74, 6) is 0.931. The summed E-state index contributed by atoms with van der Waals surface area (Å²) in [6.07, 6.45) is 5.02. The highest BCUT2D eigenvalue weighted by molar-refractivity contribution is 6.06. The van der Waals surface area contributed by atoms with E-state index in [2.05, 4.69) is 9.97 Å². The van der Waals surface area contributed by atoms with Crippen LogP contribution in [0.3, 0.4) is 0 Å². The summed E-state index contributed by atoms with van der Waals surface area (Å²) in [6, 6.07) is 14.6. The molecule has 3 rings (SSSR count). The Kier molecular flexibility index (Phi) is 2.90. The average Bonchev–Trinajstić information content (AvgIpc) is 2.98. The van der Waals surface area contributed by atoms with Crippen molar-refractivity contribution in [1.82, 2.24) is 14.5 Å². The van der Waals surface area contributed by atoms with E-state index in [4.69, 9.17) is 0 Å². The Morgan fingerprint density at radius 2 is 1.68 bits per heavy atom. The van der Waals surface area contributed by atoms with Crippen molar-refractivity contribution >= 4 is 5.78 Å². The van der Waals surface area contributed by atoms with Crippen LogP contribution in [-0.4, -0.2) is 20.3 Å². The molecule has 3 aromatic rings. The fourth-order valence-electron chi connectivity index (χ4n) is 1.87. The van der Waals surface area contributed by atoms with Crippen LogP contribution in [0.4, 0.5) is 0 Å². The van der Waals surface area contributed by atoms with Crippen molar-refractivity contribution in [3.05, 3.63) is 78.5 Å². The maximum atomic E-state index is 12.4. The van der Waals surface area contributed by atoms with Crippen molar-refractivity contribution in [2.75, 3.05) is 0 Å². The van der Waals surface area contributed by atoms with Gasteiger partial charge in [0.1, 0.15) is 5.82 Å². The number of benzene rings is 1. The molecule has 4 nitrogen and oxygen atoms in total. The quantitative estimate of drug-likeness (QED) is 0.670. The van der Waals surface area contributed by atoms with E-state index in [9.17, 15) is 4.79 Å². The first kappa shape index (κ1) is 11.3. The fourth-order valence-corrected chi connectivity index (χ4v) is 1.87. The van der Waals surface area contributed by atoms with Gasteiger partial charge in [-0.15, -0.1) is 0 Å². The van der Waals surface area contributed by atoms with E-state index in [1.165, 1.54) is 0 Å². The lowest BCUT2D eigenvalue weighted by atomic mass is 10.1. The first-order chi connectivity index (χ1) is 9.36. The third kappa shape index (κ3) is 2.15. The molecule has 0 N–H and O–H groups in total. The summed E-state index contributed by atoms with van der Waals surface area (Å²) < 4.78 is 1.69. The summed E-state index contributed by atoms with van der Waals surface area (Å²) in [7, 11) is 0. The number of carbonyl (C=O) groups is 1. The number of nitrogens with zero attached hydrogens (tertiary/aromatic N) is 3. The number of carbonyl (C=O) groups excluding carboxylic acids is 1. The number of hydrogen-bond donors (Lipinski definition) is 0. The fraction of sp³-hybridized carbons (Fsp3) is 0. The minimum atomic E-state index is -0.115. The van der Waals surface area contributed by atoms with E-state index in [1.54, 1.807) is 35.3 Å². The standard InChI is InChI=1S/C15H11N3O/c19-14(12-6-2-1-3-7-12)15-17-10-11-18(15)13-8-4-5-9-16-13/h1-11H. The highest BCUT2D eigenvalue weighted by Gasteiger charge is 2.15. The van der Waals surface area contributed by atoms with Crippen molar-refractivity contribution in [2.24, 2.45) is 0 Å². The molecule has 0 amide bonds. The molecule has 0 aliphatic rings. The second-order valence-corrected chi connectivity index (χ2v) is 4.00. The lowest BCUT2D eigenvalue weighted by Gasteiger charge is -2.05. The molecule has 19 heavy (non-hydrogen) atoms. The van der Waals surface area contributed by atoms with E-state index in [0.29, 0.717) is 17.2 Å². The van der Waals surface area contributed by atoms with Crippen molar-refractivity contribution in [3.8, 4) is 5.82 Å².